The number of anilines is 1. The number of unbranched alkanes of at least 4 members (excludes halogenated alkanes) is 2. The summed E-state index contributed by atoms with van der Waals surface area (Å²) >= 11 is 0. The summed E-state index contributed by atoms with van der Waals surface area (Å²) < 4.78 is 5.96. The first-order chi connectivity index (χ1) is 23.5. The SMILES string of the molecule is CC(C)(C)CCC1CC(/C=C/C2=C(C#N)C(=C(C#N)C#N)OC2(C)C)=C(O)C(=C/C=C2/N(CCCCCC(=O)O)c3ccccc3C2(C)C)/C1. The van der Waals surface area contributed by atoms with Crippen molar-refractivity contribution in [1.82, 2.24) is 0 Å². The average Bonchev–Trinajstić information content (AvgIpc) is 3.43. The predicted octanol–water partition coefficient (Wildman–Crippen LogP) is 9.77. The van der Waals surface area contributed by atoms with Crippen molar-refractivity contribution < 1.29 is 19.7 Å². The molecular formula is C42H50N4O4. The maximum absolute atomic E-state index is 11.8. The molecule has 50 heavy (non-hydrogen) atoms. The summed E-state index contributed by atoms with van der Waals surface area (Å²) in [5, 5.41) is 49.8. The van der Waals surface area contributed by atoms with Crippen LogP contribution in [0.15, 0.2) is 93.7 Å². The quantitative estimate of drug-likeness (QED) is 0.175. The third-order valence-corrected chi connectivity index (χ3v) is 9.96. The van der Waals surface area contributed by atoms with E-state index in [1.54, 1.807) is 19.9 Å². The molecule has 0 bridgehead atoms. The fourth-order valence-electron chi connectivity index (χ4n) is 7.18. The fraction of sp³-hybridized carbons (Fsp3) is 0.476. The van der Waals surface area contributed by atoms with Gasteiger partial charge in [0.15, 0.2) is 11.3 Å². The van der Waals surface area contributed by atoms with Crippen molar-refractivity contribution in [2.45, 2.75) is 111 Å². The molecule has 262 valence electrons. The molecule has 1 atom stereocenters. The number of aliphatic hydroxyl groups is 1. The molecule has 1 aromatic carbocycles. The standard InChI is InChI=1S/C42H50N4O4/c1-40(2,3)21-20-28-23-29(16-18-33-32(27-45)39(31(25-43)26-44)50-42(33,6)7)38(49)30(24-28)17-19-36-41(4,5)34-13-10-11-14-35(34)46(36)22-12-8-9-15-37(47)48/h10-11,13-14,16-19,28,49H,8-9,12,15,20-24H2,1-7H3,(H,47,48)/b18-16+,30-17+,36-19+. The Morgan fingerprint density at radius 2 is 1.72 bits per heavy atom. The molecule has 2 N–H and O–H groups in total. The van der Waals surface area contributed by atoms with Crippen molar-refractivity contribution in [2.75, 3.05) is 11.4 Å². The number of nitrogens with zero attached hydrogens (tertiary/aromatic N) is 4. The lowest BCUT2D eigenvalue weighted by Gasteiger charge is -2.29. The highest BCUT2D eigenvalue weighted by Gasteiger charge is 2.40. The van der Waals surface area contributed by atoms with E-state index in [4.69, 9.17) is 9.84 Å². The van der Waals surface area contributed by atoms with Gasteiger partial charge < -0.3 is 19.8 Å². The molecule has 0 saturated heterocycles. The van der Waals surface area contributed by atoms with Crippen LogP contribution in [0, 0.1) is 45.3 Å². The molecule has 2 aliphatic heterocycles. The van der Waals surface area contributed by atoms with Crippen molar-refractivity contribution in [2.24, 2.45) is 11.3 Å². The smallest absolute Gasteiger partial charge is 0.303 e. The summed E-state index contributed by atoms with van der Waals surface area (Å²) in [6.45, 7) is 15.5. The van der Waals surface area contributed by atoms with E-state index in [0.717, 1.165) is 61.2 Å². The van der Waals surface area contributed by atoms with Crippen LogP contribution in [0.5, 0.6) is 0 Å². The van der Waals surface area contributed by atoms with Crippen LogP contribution < -0.4 is 4.90 Å². The summed E-state index contributed by atoms with van der Waals surface area (Å²) in [4.78, 5) is 13.4. The third kappa shape index (κ3) is 8.40. The Labute approximate surface area is 297 Å². The molecule has 1 unspecified atom stereocenters. The number of ether oxygens (including phenoxy) is 1. The van der Waals surface area contributed by atoms with E-state index in [2.05, 4.69) is 75.9 Å². The number of para-hydroxylation sites is 1. The van der Waals surface area contributed by atoms with Gasteiger partial charge in [0, 0.05) is 35.3 Å². The van der Waals surface area contributed by atoms with Gasteiger partial charge in [-0.3, -0.25) is 4.79 Å². The Morgan fingerprint density at radius 1 is 1.02 bits per heavy atom. The fourth-order valence-corrected chi connectivity index (χ4v) is 7.18. The largest absolute Gasteiger partial charge is 0.507 e. The van der Waals surface area contributed by atoms with E-state index in [1.165, 1.54) is 5.56 Å². The zero-order chi connectivity index (χ0) is 36.9. The highest BCUT2D eigenvalue weighted by atomic mass is 16.5. The second-order valence-electron chi connectivity index (χ2n) is 15.8. The number of rotatable bonds is 11. The van der Waals surface area contributed by atoms with E-state index in [0.29, 0.717) is 24.3 Å². The second kappa shape index (κ2) is 15.3. The minimum Gasteiger partial charge on any atom is -0.507 e. The van der Waals surface area contributed by atoms with Crippen LogP contribution in [0.3, 0.4) is 0 Å². The van der Waals surface area contributed by atoms with Gasteiger partial charge >= 0.3 is 5.97 Å². The topological polar surface area (TPSA) is 141 Å². The number of aliphatic carboxylic acids is 1. The van der Waals surface area contributed by atoms with Crippen molar-refractivity contribution in [1.29, 1.82) is 15.8 Å². The number of fused-ring (bicyclic) bond motifs is 1. The van der Waals surface area contributed by atoms with Crippen molar-refractivity contribution in [3.8, 4) is 18.2 Å². The minimum absolute atomic E-state index is 0.00845. The number of hydrogen-bond donors (Lipinski definition) is 2. The highest BCUT2D eigenvalue weighted by Crippen LogP contribution is 2.48. The molecule has 3 aliphatic rings. The Kier molecular flexibility index (Phi) is 11.5. The van der Waals surface area contributed by atoms with E-state index in [1.807, 2.05) is 24.3 Å². The van der Waals surface area contributed by atoms with Crippen molar-refractivity contribution >= 4 is 11.7 Å². The molecule has 1 aliphatic carbocycles. The first kappa shape index (κ1) is 37.8. The van der Waals surface area contributed by atoms with Crippen LogP contribution in [-0.4, -0.2) is 28.3 Å². The summed E-state index contributed by atoms with van der Waals surface area (Å²) in [5.41, 5.74) is 4.53. The molecule has 0 amide bonds. The van der Waals surface area contributed by atoms with Crippen LogP contribution >= 0.6 is 0 Å². The number of hydrogen-bond acceptors (Lipinski definition) is 7. The maximum atomic E-state index is 11.8. The Bertz CT molecular complexity index is 1810. The van der Waals surface area contributed by atoms with Gasteiger partial charge in [-0.05, 0) is 92.6 Å². The van der Waals surface area contributed by atoms with Gasteiger partial charge in [0.05, 0.1) is 0 Å². The van der Waals surface area contributed by atoms with Gasteiger partial charge in [-0.2, -0.15) is 15.8 Å². The van der Waals surface area contributed by atoms with Crippen LogP contribution in [0.2, 0.25) is 0 Å². The Hall–Kier alpha value is -5.00. The molecule has 8 heteroatoms. The van der Waals surface area contributed by atoms with E-state index < -0.39 is 11.6 Å². The molecule has 0 radical (unpaired) electrons. The Morgan fingerprint density at radius 3 is 2.36 bits per heavy atom. The molecule has 4 rings (SSSR count). The molecule has 2 heterocycles. The minimum atomic E-state index is -0.949. The van der Waals surface area contributed by atoms with Crippen LogP contribution in [-0.2, 0) is 14.9 Å². The van der Waals surface area contributed by atoms with Crippen molar-refractivity contribution in [3.05, 3.63) is 99.2 Å². The molecular weight excluding hydrogens is 624 g/mol. The first-order valence-electron chi connectivity index (χ1n) is 17.5. The number of carbonyl (C=O) groups is 1. The second-order valence-corrected chi connectivity index (χ2v) is 15.8. The third-order valence-electron chi connectivity index (χ3n) is 9.96. The van der Waals surface area contributed by atoms with Crippen LogP contribution in [0.1, 0.15) is 105 Å². The summed E-state index contributed by atoms with van der Waals surface area (Å²) in [7, 11) is 0. The van der Waals surface area contributed by atoms with Gasteiger partial charge in [-0.15, -0.1) is 0 Å². The number of benzene rings is 1. The Balaban J connectivity index is 1.76. The number of aliphatic hydroxyl groups excluding tert-OH is 1. The summed E-state index contributed by atoms with van der Waals surface area (Å²) in [6, 6.07) is 14.2. The van der Waals surface area contributed by atoms with Crippen LogP contribution in [0.25, 0.3) is 0 Å². The lowest BCUT2D eigenvalue weighted by atomic mass is 9.77. The average molecular weight is 675 g/mol. The zero-order valence-electron chi connectivity index (χ0n) is 30.6. The number of carboxylic acids is 1. The van der Waals surface area contributed by atoms with Crippen molar-refractivity contribution in [3.63, 3.8) is 0 Å². The normalized spacial score (nSPS) is 21.3. The van der Waals surface area contributed by atoms with E-state index >= 15 is 0 Å². The molecule has 1 aromatic rings. The lowest BCUT2D eigenvalue weighted by Crippen LogP contribution is -2.27. The molecule has 8 nitrogen and oxygen atoms in total. The van der Waals surface area contributed by atoms with Crippen LogP contribution in [0.4, 0.5) is 5.69 Å². The maximum Gasteiger partial charge on any atom is 0.303 e. The summed E-state index contributed by atoms with van der Waals surface area (Å²) in [6.07, 6.45) is 13.8. The van der Waals surface area contributed by atoms with E-state index in [-0.39, 0.29) is 39.9 Å². The van der Waals surface area contributed by atoms with E-state index in [9.17, 15) is 25.7 Å². The molecule has 0 aromatic heterocycles. The molecule has 0 spiro atoms. The number of allylic oxidation sites excluding steroid dienone is 8. The van der Waals surface area contributed by atoms with Gasteiger partial charge in [-0.1, -0.05) is 77.5 Å². The van der Waals surface area contributed by atoms with Gasteiger partial charge in [-0.25, -0.2) is 0 Å². The summed E-state index contributed by atoms with van der Waals surface area (Å²) in [5.74, 6) is -0.257. The predicted molar refractivity (Wildman–Crippen MR) is 195 cm³/mol. The van der Waals surface area contributed by atoms with Gasteiger partial charge in [0.2, 0.25) is 0 Å². The highest BCUT2D eigenvalue weighted by molar-refractivity contribution is 5.71. The molecule has 0 fully saturated rings. The number of carboxylic acid groups (broad SMARTS) is 1. The molecule has 0 saturated carbocycles. The lowest BCUT2D eigenvalue weighted by molar-refractivity contribution is -0.137. The van der Waals surface area contributed by atoms with Gasteiger partial charge in [0.25, 0.3) is 0 Å². The number of nitriles is 3. The monoisotopic (exact) mass is 674 g/mol. The van der Waals surface area contributed by atoms with Gasteiger partial charge in [0.1, 0.15) is 35.1 Å². The zero-order valence-corrected chi connectivity index (χ0v) is 30.6. The first-order valence-corrected chi connectivity index (χ1v) is 17.5.